The van der Waals surface area contributed by atoms with Crippen LogP contribution in [0.2, 0.25) is 5.82 Å². The first kappa shape index (κ1) is 87.4. The normalized spacial score (nSPS) is 16.7. The monoisotopic (exact) mass is 1870 g/mol. The molecule has 0 spiro atoms. The number of hydrogen-bond donors (Lipinski definition) is 5. The molecule has 22 rings (SSSR count). The molecule has 5 aliphatic heterocycles. The zero-order chi connectivity index (χ0) is 81.2. The largest absolute Gasteiger partial charge is 0.494 e. The summed E-state index contributed by atoms with van der Waals surface area (Å²) in [6, 6.07) is 51.4. The fraction of sp³-hybridized carbons (Fsp3) is 0.326. The van der Waals surface area contributed by atoms with Crippen molar-refractivity contribution in [2.75, 3.05) is 4.90 Å². The average molecular weight is 1870 g/mol. The third kappa shape index (κ3) is 20.8. The summed E-state index contributed by atoms with van der Waals surface area (Å²) in [7, 11) is -1.45. The van der Waals surface area contributed by atoms with E-state index in [1.807, 2.05) is 179 Å². The van der Waals surface area contributed by atoms with Gasteiger partial charge >= 0.3 is 14.2 Å². The fourth-order valence-corrected chi connectivity index (χ4v) is 14.4. The van der Waals surface area contributed by atoms with E-state index in [0.29, 0.717) is 66.1 Å². The van der Waals surface area contributed by atoms with Crippen LogP contribution in [0.3, 0.4) is 0 Å². The Balaban J connectivity index is 0.000000127. The van der Waals surface area contributed by atoms with Crippen LogP contribution in [-0.2, 0) is 35.5 Å². The van der Waals surface area contributed by atoms with E-state index in [1.54, 1.807) is 17.6 Å². The van der Waals surface area contributed by atoms with Crippen molar-refractivity contribution < 1.29 is 38.5 Å². The standard InChI is InChI=1S/C25H21N7O.C15H13N3O.C14H18BNO3.C12H8BrN3O.C10H9BrN4.C4H2Br2N2.C3H7BO2.3CH4/c33-25-19-12-16(21-11-10-20(28-29-21)15-4-5-15)6-7-17(19)13-31(25)23-3-1-2-22(27-23)24-30-26-14-32(24)18-8-9-18;19-15-12-7-10(3-4-11(12)8-16-15)14-6-5-13(17-18-14)9-1-2-9;1-13(2)14(3,4)19-15(18-13)10-6-5-9-8-16-12(17)11(9)7-10;13-11-4-3-10(15-16-11)7-1-2-8-6-14-12(17)9(8)5-7;11-9-3-1-2-8(13-9)10-14-12-6-15(10)7-4-5-7;5-3-1-2-4(6)8-7-3;5-4(6)3-1-2-3;;;/h1-3,6-7,10-12,14-15,18H,4-5,8-9,13H2;3-7,9H,1-2,8H2,(H,16,19);5-7H,8H2,1-4H3,(H,16,17);1-5H,6H2,(H,14,17);1-3,6-7H,4-5H2;1-2H;3,5-6H,1-2H2;3*1H4. The lowest BCUT2D eigenvalue weighted by atomic mass is 9.78. The lowest BCUT2D eigenvalue weighted by Crippen LogP contribution is -2.41. The highest BCUT2D eigenvalue weighted by molar-refractivity contribution is 9.11. The van der Waals surface area contributed by atoms with E-state index in [0.717, 1.165) is 152 Å². The highest BCUT2D eigenvalue weighted by Crippen LogP contribution is 2.43. The fourth-order valence-electron chi connectivity index (χ4n) is 13.4. The van der Waals surface area contributed by atoms with Crippen molar-refractivity contribution >= 4 is 113 Å². The van der Waals surface area contributed by atoms with Crippen LogP contribution in [0.4, 0.5) is 5.82 Å². The summed E-state index contributed by atoms with van der Waals surface area (Å²) in [5.41, 5.74) is 16.0. The number of carbonyl (C=O) groups excluding carboxylic acids is 4. The van der Waals surface area contributed by atoms with Crippen LogP contribution in [0.1, 0.15) is 213 Å². The Morgan fingerprint density at radius 3 is 1.25 bits per heavy atom. The summed E-state index contributed by atoms with van der Waals surface area (Å²) in [5.74, 6) is 3.54. The Morgan fingerprint density at radius 1 is 0.425 bits per heavy atom. The number of hydrogen-bond acceptors (Lipinski definition) is 22. The number of nitrogens with one attached hydrogen (secondary N) is 3. The predicted molar refractivity (Wildman–Crippen MR) is 472 cm³/mol. The van der Waals surface area contributed by atoms with Gasteiger partial charge in [0.25, 0.3) is 23.6 Å². The lowest BCUT2D eigenvalue weighted by molar-refractivity contribution is 0.00578. The van der Waals surface area contributed by atoms with Crippen molar-refractivity contribution in [3.63, 3.8) is 0 Å². The summed E-state index contributed by atoms with van der Waals surface area (Å²) < 4.78 is 19.2. The van der Waals surface area contributed by atoms with Crippen molar-refractivity contribution in [1.29, 1.82) is 0 Å². The van der Waals surface area contributed by atoms with E-state index < -0.39 is 14.2 Å². The number of halogens is 4. The second-order valence-corrected chi connectivity index (χ2v) is 34.0. The zero-order valence-corrected chi connectivity index (χ0v) is 70.4. The van der Waals surface area contributed by atoms with Gasteiger partial charge in [-0.1, -0.05) is 95.8 Å². The molecule has 6 fully saturated rings. The summed E-state index contributed by atoms with van der Waals surface area (Å²) >= 11 is 12.9. The van der Waals surface area contributed by atoms with Gasteiger partial charge in [-0.2, -0.15) is 20.4 Å². The first-order valence-corrected chi connectivity index (χ1v) is 41.8. The van der Waals surface area contributed by atoms with Crippen LogP contribution in [0.5, 0.6) is 0 Å². The quantitative estimate of drug-likeness (QED) is 0.0560. The maximum atomic E-state index is 13.3. The number of pyridine rings is 2. The van der Waals surface area contributed by atoms with Gasteiger partial charge in [-0.15, -0.1) is 40.8 Å². The van der Waals surface area contributed by atoms with Crippen molar-refractivity contribution in [2.45, 2.75) is 181 Å². The Hall–Kier alpha value is -10.5. The number of fused-ring (bicyclic) bond motifs is 4. The topological polar surface area (TPSA) is 357 Å². The molecule has 12 aromatic rings. The van der Waals surface area contributed by atoms with Gasteiger partial charge in [0.05, 0.1) is 46.2 Å². The van der Waals surface area contributed by atoms with Gasteiger partial charge in [0, 0.05) is 82.5 Å². The second kappa shape index (κ2) is 37.7. The molecule has 28 nitrogen and oxygen atoms in total. The van der Waals surface area contributed by atoms with E-state index in [2.05, 4.69) is 161 Å². The van der Waals surface area contributed by atoms with Crippen molar-refractivity contribution in [3.8, 4) is 56.8 Å². The van der Waals surface area contributed by atoms with Crippen LogP contribution in [0, 0.1) is 0 Å². The van der Waals surface area contributed by atoms with E-state index in [1.165, 1.54) is 38.5 Å². The molecule has 0 atom stereocenters. The first-order chi connectivity index (χ1) is 56.5. The van der Waals surface area contributed by atoms with E-state index >= 15 is 0 Å². The minimum Gasteiger partial charge on any atom is -0.427 e. The average Bonchev–Trinajstić information content (AvgIpc) is 1.61. The molecule has 120 heavy (non-hydrogen) atoms. The van der Waals surface area contributed by atoms with E-state index in [-0.39, 0.29) is 62.9 Å². The second-order valence-electron chi connectivity index (χ2n) is 30.8. The number of rotatable bonds is 12. The molecule has 0 unspecified atom stereocenters. The van der Waals surface area contributed by atoms with E-state index in [4.69, 9.17) is 24.3 Å². The molecule has 8 aromatic heterocycles. The number of carbonyl (C=O) groups is 4. The van der Waals surface area contributed by atoms with Crippen LogP contribution >= 0.6 is 63.7 Å². The minimum atomic E-state index is -1.04. The summed E-state index contributed by atoms with van der Waals surface area (Å²) in [5, 5.41) is 74.1. The SMILES string of the molecule is Brc1ccc(Br)nn1.Brc1cccc(-c2nncn2C2CC2)n1.C.C.C.CC1(C)OB(c2ccc3c(c2)C(=O)NC3)OC1(C)C.O=C1NCc2ccc(-c3ccc(Br)nn3)cc21.O=C1NCc2ccc(-c3ccc(C4CC4)nn3)cc21.O=C1c2cc(-c3ccc(C4CC4)nn3)ccc2CN1c1cccc(-c2nncn2C2CC2)n1.OB(O)C1CC1. The number of amides is 4. The molecule has 0 radical (unpaired) electrons. The smallest absolute Gasteiger partial charge is 0.427 e. The maximum Gasteiger partial charge on any atom is 0.494 e. The molecule has 4 aromatic carbocycles. The Labute approximate surface area is 730 Å². The van der Waals surface area contributed by atoms with Crippen molar-refractivity contribution in [3.05, 3.63) is 245 Å². The summed E-state index contributed by atoms with van der Waals surface area (Å²) in [4.78, 5) is 59.1. The molecule has 10 aliphatic rings. The van der Waals surface area contributed by atoms with Gasteiger partial charge < -0.3 is 44.4 Å². The van der Waals surface area contributed by atoms with E-state index in [9.17, 15) is 19.2 Å². The molecular weight excluding hydrogens is 1780 g/mol. The van der Waals surface area contributed by atoms with Crippen LogP contribution < -0.4 is 26.3 Å². The Bertz CT molecular complexity index is 5660. The molecular formula is C86H90B2Br4N20O8. The highest BCUT2D eigenvalue weighted by Gasteiger charge is 2.52. The Kier molecular flexibility index (Phi) is 27.4. The highest BCUT2D eigenvalue weighted by atomic mass is 79.9. The summed E-state index contributed by atoms with van der Waals surface area (Å²) in [6.45, 7) is 10.4. The molecule has 34 heteroatoms. The van der Waals surface area contributed by atoms with Gasteiger partial charge in [0.1, 0.15) is 48.3 Å². The molecule has 5 aliphatic carbocycles. The lowest BCUT2D eigenvalue weighted by Gasteiger charge is -2.32. The first-order valence-electron chi connectivity index (χ1n) is 38.6. The molecule has 0 bridgehead atoms. The van der Waals surface area contributed by atoms with Gasteiger partial charge in [-0.3, -0.25) is 24.1 Å². The number of nitrogens with zero attached hydrogens (tertiary/aromatic N) is 17. The summed E-state index contributed by atoms with van der Waals surface area (Å²) in [6.07, 6.45) is 15.1. The number of anilines is 1. The zero-order valence-electron chi connectivity index (χ0n) is 64.1. The third-order valence-electron chi connectivity index (χ3n) is 21.6. The molecule has 1 saturated heterocycles. The van der Waals surface area contributed by atoms with Gasteiger partial charge in [-0.05, 0) is 273 Å². The molecule has 5 N–H and O–H groups in total. The molecule has 13 heterocycles. The van der Waals surface area contributed by atoms with Crippen LogP contribution in [0.15, 0.2) is 189 Å². The molecule has 4 amide bonds. The van der Waals surface area contributed by atoms with Gasteiger partial charge in [0.2, 0.25) is 0 Å². The predicted octanol–water partition coefficient (Wildman–Crippen LogP) is 15.8. The van der Waals surface area contributed by atoms with Crippen LogP contribution in [0.25, 0.3) is 56.8 Å². The number of benzene rings is 4. The van der Waals surface area contributed by atoms with Gasteiger partial charge in [0.15, 0.2) is 11.6 Å². The molecule has 5 saturated carbocycles. The maximum absolute atomic E-state index is 13.3. The Morgan fingerprint density at radius 2 is 0.842 bits per heavy atom. The van der Waals surface area contributed by atoms with Crippen molar-refractivity contribution in [2.24, 2.45) is 0 Å². The van der Waals surface area contributed by atoms with Crippen molar-refractivity contribution in [1.82, 2.24) is 96.2 Å². The van der Waals surface area contributed by atoms with Gasteiger partial charge in [-0.25, -0.2) is 9.97 Å². The minimum absolute atomic E-state index is 0. The third-order valence-corrected chi connectivity index (χ3v) is 23.3. The van der Waals surface area contributed by atoms with Crippen LogP contribution in [-0.4, -0.2) is 139 Å². The number of aromatic nitrogens is 16. The molecule has 616 valence electrons.